The van der Waals surface area contributed by atoms with E-state index in [9.17, 15) is 5.11 Å². The molecule has 1 N–H and O–H groups in total. The van der Waals surface area contributed by atoms with Gasteiger partial charge in [0.1, 0.15) is 17.1 Å². The lowest BCUT2D eigenvalue weighted by Gasteiger charge is -2.47. The Balaban J connectivity index is 1.86. The van der Waals surface area contributed by atoms with Crippen LogP contribution in [0.3, 0.4) is 0 Å². The molecule has 0 aromatic heterocycles. The van der Waals surface area contributed by atoms with Crippen molar-refractivity contribution in [2.45, 2.75) is 57.7 Å². The van der Waals surface area contributed by atoms with Crippen LogP contribution in [0.4, 0.5) is 0 Å². The molecule has 2 aliphatic rings. The van der Waals surface area contributed by atoms with Gasteiger partial charge in [-0.3, -0.25) is 0 Å². The number of benzene rings is 1. The van der Waals surface area contributed by atoms with Crippen molar-refractivity contribution < 1.29 is 14.6 Å². The first-order valence-corrected chi connectivity index (χ1v) is 7.48. The standard InChI is InChI=1S/C17H24O3/c1-16(2)6-8-17(9-7-16)11-14(18)13-10-12(19-3)4-5-15(13)20-17/h4-5,10,14,18H,6-9,11H2,1-3H3/t14-/m1/s1. The van der Waals surface area contributed by atoms with Gasteiger partial charge in [0, 0.05) is 12.0 Å². The highest BCUT2D eigenvalue weighted by Gasteiger charge is 2.44. The van der Waals surface area contributed by atoms with Crippen molar-refractivity contribution >= 4 is 0 Å². The third-order valence-corrected chi connectivity index (χ3v) is 4.98. The SMILES string of the molecule is COc1ccc2c(c1)[C@H](O)CC1(CCC(C)(C)CC1)O2. The van der Waals surface area contributed by atoms with Gasteiger partial charge in [0.25, 0.3) is 0 Å². The number of hydrogen-bond acceptors (Lipinski definition) is 3. The van der Waals surface area contributed by atoms with E-state index in [-0.39, 0.29) is 5.60 Å². The Morgan fingerprint density at radius 3 is 2.55 bits per heavy atom. The minimum Gasteiger partial charge on any atom is -0.497 e. The van der Waals surface area contributed by atoms with Crippen molar-refractivity contribution in [2.24, 2.45) is 5.41 Å². The first-order chi connectivity index (χ1) is 9.43. The zero-order valence-corrected chi connectivity index (χ0v) is 12.6. The zero-order valence-electron chi connectivity index (χ0n) is 12.6. The van der Waals surface area contributed by atoms with Crippen molar-refractivity contribution in [1.82, 2.24) is 0 Å². The van der Waals surface area contributed by atoms with E-state index in [4.69, 9.17) is 9.47 Å². The van der Waals surface area contributed by atoms with Gasteiger partial charge >= 0.3 is 0 Å². The first-order valence-electron chi connectivity index (χ1n) is 7.48. The van der Waals surface area contributed by atoms with Crippen molar-refractivity contribution in [3.8, 4) is 11.5 Å². The number of aliphatic hydroxyl groups excluding tert-OH is 1. The summed E-state index contributed by atoms with van der Waals surface area (Å²) >= 11 is 0. The molecular weight excluding hydrogens is 252 g/mol. The molecule has 0 bridgehead atoms. The number of fused-ring (bicyclic) bond motifs is 1. The van der Waals surface area contributed by atoms with Crippen LogP contribution < -0.4 is 9.47 Å². The van der Waals surface area contributed by atoms with Crippen molar-refractivity contribution in [3.63, 3.8) is 0 Å². The van der Waals surface area contributed by atoms with Crippen molar-refractivity contribution in [2.75, 3.05) is 7.11 Å². The third-order valence-electron chi connectivity index (χ3n) is 4.98. The highest BCUT2D eigenvalue weighted by atomic mass is 16.5. The number of ether oxygens (including phenoxy) is 2. The second-order valence-corrected chi connectivity index (χ2v) is 7.07. The van der Waals surface area contributed by atoms with Crippen LogP contribution in [0.1, 0.15) is 57.6 Å². The summed E-state index contributed by atoms with van der Waals surface area (Å²) in [6, 6.07) is 5.72. The van der Waals surface area contributed by atoms with Crippen LogP contribution in [0.15, 0.2) is 18.2 Å². The van der Waals surface area contributed by atoms with Gasteiger partial charge in [-0.2, -0.15) is 0 Å². The Labute approximate surface area is 120 Å². The van der Waals surface area contributed by atoms with E-state index >= 15 is 0 Å². The summed E-state index contributed by atoms with van der Waals surface area (Å²) in [5.74, 6) is 1.59. The molecule has 1 saturated carbocycles. The van der Waals surface area contributed by atoms with E-state index in [1.165, 1.54) is 0 Å². The Morgan fingerprint density at radius 1 is 1.20 bits per heavy atom. The highest BCUT2D eigenvalue weighted by Crippen LogP contribution is 2.50. The molecule has 20 heavy (non-hydrogen) atoms. The summed E-state index contributed by atoms with van der Waals surface area (Å²) in [7, 11) is 1.64. The highest BCUT2D eigenvalue weighted by molar-refractivity contribution is 5.43. The molecule has 1 heterocycles. The lowest BCUT2D eigenvalue weighted by molar-refractivity contribution is -0.0576. The Bertz CT molecular complexity index is 497. The molecule has 0 amide bonds. The van der Waals surface area contributed by atoms with Crippen LogP contribution in [0, 0.1) is 5.41 Å². The van der Waals surface area contributed by atoms with E-state index < -0.39 is 6.10 Å². The molecule has 1 aliphatic heterocycles. The molecule has 3 nitrogen and oxygen atoms in total. The minimum atomic E-state index is -0.449. The normalized spacial score (nSPS) is 26.7. The molecule has 1 fully saturated rings. The summed E-state index contributed by atoms with van der Waals surface area (Å²) in [6.07, 6.45) is 4.63. The summed E-state index contributed by atoms with van der Waals surface area (Å²) in [6.45, 7) is 4.63. The molecule has 1 aromatic carbocycles. The van der Waals surface area contributed by atoms with E-state index in [0.29, 0.717) is 11.8 Å². The zero-order chi connectivity index (χ0) is 14.4. The number of aliphatic hydroxyl groups is 1. The van der Waals surface area contributed by atoms with Gasteiger partial charge in [-0.05, 0) is 49.3 Å². The van der Waals surface area contributed by atoms with Gasteiger partial charge in [-0.25, -0.2) is 0 Å². The topological polar surface area (TPSA) is 38.7 Å². The molecule has 0 saturated heterocycles. The average molecular weight is 276 g/mol. The molecule has 1 aromatic rings. The predicted molar refractivity (Wildman–Crippen MR) is 78.2 cm³/mol. The van der Waals surface area contributed by atoms with E-state index in [1.807, 2.05) is 18.2 Å². The van der Waals surface area contributed by atoms with Crippen molar-refractivity contribution in [3.05, 3.63) is 23.8 Å². The van der Waals surface area contributed by atoms with Gasteiger partial charge in [-0.15, -0.1) is 0 Å². The fourth-order valence-corrected chi connectivity index (χ4v) is 3.43. The Kier molecular flexibility index (Phi) is 3.20. The molecule has 110 valence electrons. The molecule has 1 aliphatic carbocycles. The second kappa shape index (κ2) is 4.66. The molecule has 3 heteroatoms. The third kappa shape index (κ3) is 2.39. The van der Waals surface area contributed by atoms with E-state index in [1.54, 1.807) is 7.11 Å². The second-order valence-electron chi connectivity index (χ2n) is 7.07. The van der Waals surface area contributed by atoms with Crippen LogP contribution in [-0.2, 0) is 0 Å². The van der Waals surface area contributed by atoms with Crippen LogP contribution >= 0.6 is 0 Å². The molecule has 3 rings (SSSR count). The predicted octanol–water partition coefficient (Wildman–Crippen LogP) is 3.85. The van der Waals surface area contributed by atoms with Crippen LogP contribution in [0.5, 0.6) is 11.5 Å². The molecule has 1 atom stereocenters. The van der Waals surface area contributed by atoms with Gasteiger partial charge < -0.3 is 14.6 Å². The van der Waals surface area contributed by atoms with Crippen molar-refractivity contribution in [1.29, 1.82) is 0 Å². The maximum Gasteiger partial charge on any atom is 0.126 e. The summed E-state index contributed by atoms with van der Waals surface area (Å²) in [5, 5.41) is 10.5. The van der Waals surface area contributed by atoms with Gasteiger partial charge in [-0.1, -0.05) is 13.8 Å². The number of methoxy groups -OCH3 is 1. The van der Waals surface area contributed by atoms with Gasteiger partial charge in [0.2, 0.25) is 0 Å². The monoisotopic (exact) mass is 276 g/mol. The fourth-order valence-electron chi connectivity index (χ4n) is 3.43. The smallest absolute Gasteiger partial charge is 0.126 e. The Hall–Kier alpha value is -1.22. The van der Waals surface area contributed by atoms with Crippen LogP contribution in [0.2, 0.25) is 0 Å². The van der Waals surface area contributed by atoms with Crippen LogP contribution in [-0.4, -0.2) is 17.8 Å². The lowest BCUT2D eigenvalue weighted by atomic mass is 9.68. The maximum absolute atomic E-state index is 10.5. The molecule has 0 radical (unpaired) electrons. The molecule has 0 unspecified atom stereocenters. The van der Waals surface area contributed by atoms with Gasteiger partial charge in [0.15, 0.2) is 0 Å². The summed E-state index contributed by atoms with van der Waals surface area (Å²) in [5.41, 5.74) is 1.09. The first kappa shape index (κ1) is 13.7. The number of hydrogen-bond donors (Lipinski definition) is 1. The minimum absolute atomic E-state index is 0.170. The number of rotatable bonds is 1. The van der Waals surface area contributed by atoms with E-state index in [2.05, 4.69) is 13.8 Å². The summed E-state index contributed by atoms with van der Waals surface area (Å²) < 4.78 is 11.5. The van der Waals surface area contributed by atoms with Crippen LogP contribution in [0.25, 0.3) is 0 Å². The van der Waals surface area contributed by atoms with Gasteiger partial charge in [0.05, 0.1) is 13.2 Å². The quantitative estimate of drug-likeness (QED) is 0.846. The maximum atomic E-state index is 10.5. The molecular formula is C17H24O3. The lowest BCUT2D eigenvalue weighted by Crippen LogP contribution is -2.45. The largest absolute Gasteiger partial charge is 0.497 e. The Morgan fingerprint density at radius 2 is 1.90 bits per heavy atom. The fraction of sp³-hybridized carbons (Fsp3) is 0.647. The van der Waals surface area contributed by atoms with E-state index in [0.717, 1.165) is 42.7 Å². The summed E-state index contributed by atoms with van der Waals surface area (Å²) in [4.78, 5) is 0. The molecule has 1 spiro atoms. The average Bonchev–Trinajstić information content (AvgIpc) is 2.43.